The minimum absolute atomic E-state index is 0.00331. The summed E-state index contributed by atoms with van der Waals surface area (Å²) in [7, 11) is -3.63. The van der Waals surface area contributed by atoms with Gasteiger partial charge in [0.2, 0.25) is 0 Å². The highest BCUT2D eigenvalue weighted by Crippen LogP contribution is 2.26. The molecule has 90 valence electrons. The lowest BCUT2D eigenvalue weighted by Gasteiger charge is -2.06. The largest absolute Gasteiger partial charge is 0.334 e. The van der Waals surface area contributed by atoms with Crippen LogP contribution in [0.25, 0.3) is 0 Å². The Hall–Kier alpha value is -1.05. The van der Waals surface area contributed by atoms with E-state index in [0.717, 1.165) is 0 Å². The van der Waals surface area contributed by atoms with Crippen LogP contribution in [0.4, 0.5) is 5.69 Å². The molecular weight excluding hydrogens is 330 g/mol. The summed E-state index contributed by atoms with van der Waals surface area (Å²) >= 11 is 9.03. The molecule has 0 unspecified atom stereocenters. The molecular formula is C9H7BrClN3O2S. The molecule has 2 N–H and O–H groups in total. The zero-order chi connectivity index (χ0) is 12.5. The molecule has 0 bridgehead atoms. The lowest BCUT2D eigenvalue weighted by molar-refractivity contribution is 0.598. The van der Waals surface area contributed by atoms with Crippen molar-refractivity contribution in [2.75, 3.05) is 4.72 Å². The third-order valence-corrected chi connectivity index (χ3v) is 4.46. The Balaban J connectivity index is 2.30. The number of aromatic nitrogens is 2. The third kappa shape index (κ3) is 2.80. The van der Waals surface area contributed by atoms with Crippen LogP contribution in [0.2, 0.25) is 5.02 Å². The van der Waals surface area contributed by atoms with Crippen LogP contribution >= 0.6 is 27.5 Å². The second kappa shape index (κ2) is 4.67. The van der Waals surface area contributed by atoms with Gasteiger partial charge in [0.05, 0.1) is 23.2 Å². The lowest BCUT2D eigenvalue weighted by atomic mass is 10.3. The molecule has 0 radical (unpaired) electrons. The maximum atomic E-state index is 11.8. The van der Waals surface area contributed by atoms with E-state index in [2.05, 4.69) is 30.6 Å². The smallest absolute Gasteiger partial charge is 0.278 e. The van der Waals surface area contributed by atoms with Gasteiger partial charge in [0, 0.05) is 4.47 Å². The van der Waals surface area contributed by atoms with Gasteiger partial charge < -0.3 is 4.98 Å². The quantitative estimate of drug-likeness (QED) is 0.905. The van der Waals surface area contributed by atoms with E-state index in [-0.39, 0.29) is 5.03 Å². The second-order valence-electron chi connectivity index (χ2n) is 3.15. The van der Waals surface area contributed by atoms with E-state index in [0.29, 0.717) is 15.2 Å². The lowest BCUT2D eigenvalue weighted by Crippen LogP contribution is -2.13. The van der Waals surface area contributed by atoms with E-state index in [4.69, 9.17) is 11.6 Å². The Morgan fingerprint density at radius 1 is 1.41 bits per heavy atom. The number of sulfonamides is 1. The average molecular weight is 337 g/mol. The van der Waals surface area contributed by atoms with Crippen LogP contribution < -0.4 is 4.72 Å². The first kappa shape index (κ1) is 12.4. The van der Waals surface area contributed by atoms with Gasteiger partial charge in [-0.05, 0) is 34.1 Å². The van der Waals surface area contributed by atoms with Crippen LogP contribution in [-0.4, -0.2) is 18.4 Å². The number of benzene rings is 1. The Kier molecular flexibility index (Phi) is 3.41. The zero-order valence-corrected chi connectivity index (χ0v) is 11.5. The maximum Gasteiger partial charge on any atom is 0.278 e. The van der Waals surface area contributed by atoms with Gasteiger partial charge in [-0.15, -0.1) is 0 Å². The minimum Gasteiger partial charge on any atom is -0.334 e. The van der Waals surface area contributed by atoms with Gasteiger partial charge in [0.15, 0.2) is 5.03 Å². The van der Waals surface area contributed by atoms with Crippen molar-refractivity contribution >= 4 is 43.2 Å². The number of aromatic amines is 1. The number of halogens is 2. The van der Waals surface area contributed by atoms with Crippen molar-refractivity contribution in [3.8, 4) is 0 Å². The van der Waals surface area contributed by atoms with E-state index >= 15 is 0 Å². The topological polar surface area (TPSA) is 74.8 Å². The van der Waals surface area contributed by atoms with Crippen molar-refractivity contribution < 1.29 is 8.42 Å². The normalized spacial score (nSPS) is 11.4. The average Bonchev–Trinajstić information content (AvgIpc) is 2.77. The molecule has 0 aliphatic heterocycles. The Morgan fingerprint density at radius 2 is 2.18 bits per heavy atom. The van der Waals surface area contributed by atoms with Gasteiger partial charge in [0.1, 0.15) is 0 Å². The van der Waals surface area contributed by atoms with Crippen LogP contribution in [0.3, 0.4) is 0 Å². The van der Waals surface area contributed by atoms with Gasteiger partial charge in [-0.1, -0.05) is 11.6 Å². The first-order valence-corrected chi connectivity index (χ1v) is 7.11. The number of nitrogens with zero attached hydrogens (tertiary/aromatic N) is 1. The summed E-state index contributed by atoms with van der Waals surface area (Å²) in [6.07, 6.45) is 2.53. The monoisotopic (exact) mass is 335 g/mol. The highest BCUT2D eigenvalue weighted by Gasteiger charge is 2.15. The Bertz CT molecular complexity index is 628. The predicted octanol–water partition coefficient (Wildman–Crippen LogP) is 2.63. The maximum absolute atomic E-state index is 11.8. The Morgan fingerprint density at radius 3 is 2.76 bits per heavy atom. The molecule has 0 aliphatic rings. The molecule has 17 heavy (non-hydrogen) atoms. The molecule has 1 aromatic heterocycles. The van der Waals surface area contributed by atoms with Crippen molar-refractivity contribution in [2.24, 2.45) is 0 Å². The molecule has 0 saturated carbocycles. The fourth-order valence-corrected chi connectivity index (χ4v) is 2.61. The minimum atomic E-state index is -3.63. The number of hydrogen-bond acceptors (Lipinski definition) is 3. The molecule has 0 aliphatic carbocycles. The molecule has 0 spiro atoms. The van der Waals surface area contributed by atoms with Gasteiger partial charge in [-0.25, -0.2) is 4.98 Å². The first-order valence-electron chi connectivity index (χ1n) is 4.45. The number of imidazole rings is 1. The molecule has 5 nitrogen and oxygen atoms in total. The van der Waals surface area contributed by atoms with Crippen LogP contribution in [0.1, 0.15) is 0 Å². The van der Waals surface area contributed by atoms with Gasteiger partial charge >= 0.3 is 0 Å². The number of H-pyrrole nitrogens is 1. The van der Waals surface area contributed by atoms with Crippen molar-refractivity contribution in [2.45, 2.75) is 5.03 Å². The SMILES string of the molecule is O=S(=O)(Nc1ccc(Cl)c(Br)c1)c1cnc[nH]1. The van der Waals surface area contributed by atoms with Crippen LogP contribution in [0.15, 0.2) is 40.2 Å². The van der Waals surface area contributed by atoms with Gasteiger partial charge in [-0.2, -0.15) is 8.42 Å². The van der Waals surface area contributed by atoms with Crippen LogP contribution in [0, 0.1) is 0 Å². The van der Waals surface area contributed by atoms with E-state index in [1.54, 1.807) is 18.2 Å². The summed E-state index contributed by atoms with van der Waals surface area (Å²) in [4.78, 5) is 6.18. The molecule has 8 heteroatoms. The van der Waals surface area contributed by atoms with Gasteiger partial charge in [-0.3, -0.25) is 4.72 Å². The van der Waals surface area contributed by atoms with E-state index in [9.17, 15) is 8.42 Å². The summed E-state index contributed by atoms with van der Waals surface area (Å²) in [6, 6.07) is 4.74. The summed E-state index contributed by atoms with van der Waals surface area (Å²) in [5.41, 5.74) is 0.413. The van der Waals surface area contributed by atoms with Crippen molar-refractivity contribution in [3.63, 3.8) is 0 Å². The molecule has 1 heterocycles. The molecule has 0 atom stereocenters. The summed E-state index contributed by atoms with van der Waals surface area (Å²) in [6.45, 7) is 0. The second-order valence-corrected chi connectivity index (χ2v) is 6.06. The third-order valence-electron chi connectivity index (χ3n) is 1.93. The molecule has 2 rings (SSSR count). The highest BCUT2D eigenvalue weighted by atomic mass is 79.9. The van der Waals surface area contributed by atoms with E-state index in [1.165, 1.54) is 12.5 Å². The van der Waals surface area contributed by atoms with Crippen molar-refractivity contribution in [1.29, 1.82) is 0 Å². The fourth-order valence-electron chi connectivity index (χ4n) is 1.16. The standard InChI is InChI=1S/C9H7BrClN3O2S/c10-7-3-6(1-2-8(7)11)14-17(15,16)9-4-12-5-13-9/h1-5,14H,(H,12,13). The summed E-state index contributed by atoms with van der Waals surface area (Å²) in [5, 5.41) is 0.512. The first-order chi connectivity index (χ1) is 7.99. The van der Waals surface area contributed by atoms with Gasteiger partial charge in [0.25, 0.3) is 10.0 Å². The summed E-state index contributed by atoms with van der Waals surface area (Å²) in [5.74, 6) is 0. The molecule has 0 fully saturated rings. The van der Waals surface area contributed by atoms with E-state index in [1.807, 2.05) is 0 Å². The molecule has 1 aromatic carbocycles. The Labute approximate surface area is 111 Å². The van der Waals surface area contributed by atoms with Crippen molar-refractivity contribution in [3.05, 3.63) is 40.2 Å². The fraction of sp³-hybridized carbons (Fsp3) is 0. The summed E-state index contributed by atoms with van der Waals surface area (Å²) < 4.78 is 26.7. The zero-order valence-electron chi connectivity index (χ0n) is 8.31. The van der Waals surface area contributed by atoms with Crippen molar-refractivity contribution in [1.82, 2.24) is 9.97 Å². The molecule has 0 saturated heterocycles. The highest BCUT2D eigenvalue weighted by molar-refractivity contribution is 9.10. The number of rotatable bonds is 3. The molecule has 2 aromatic rings. The number of anilines is 1. The van der Waals surface area contributed by atoms with Crippen LogP contribution in [0.5, 0.6) is 0 Å². The van der Waals surface area contributed by atoms with Crippen LogP contribution in [-0.2, 0) is 10.0 Å². The molecule has 0 amide bonds. The van der Waals surface area contributed by atoms with E-state index < -0.39 is 10.0 Å². The number of hydrogen-bond donors (Lipinski definition) is 2. The number of nitrogens with one attached hydrogen (secondary N) is 2. The predicted molar refractivity (Wildman–Crippen MR) is 68.5 cm³/mol.